The lowest BCUT2D eigenvalue weighted by Crippen LogP contribution is -2.59. The summed E-state index contributed by atoms with van der Waals surface area (Å²) in [6.45, 7) is 4.46. The van der Waals surface area contributed by atoms with Crippen LogP contribution < -0.4 is 10.6 Å². The summed E-state index contributed by atoms with van der Waals surface area (Å²) in [5.41, 5.74) is -0.263. The van der Waals surface area contributed by atoms with Crippen LogP contribution in [0.2, 0.25) is 0 Å². The number of nitrogens with one attached hydrogen (secondary N) is 2. The largest absolute Gasteiger partial charge is 0.335 e. The van der Waals surface area contributed by atoms with E-state index in [0.29, 0.717) is 30.0 Å². The number of likely N-dealkylation sites (tertiary alicyclic amines) is 1. The number of aromatic nitrogens is 1. The standard InChI is InChI=1S/C13H16N4O3S/c1-7-9(21-8(2)14-7)10(18)17-5-3-4-13(6-17)11(19)15-12(20)16-13/h3-6H2,1-2H3,(H2,15,16,19,20). The first-order valence-electron chi connectivity index (χ1n) is 6.78. The Labute approximate surface area is 125 Å². The number of aryl methyl sites for hydroxylation is 2. The van der Waals surface area contributed by atoms with Gasteiger partial charge in [-0.3, -0.25) is 14.9 Å². The summed E-state index contributed by atoms with van der Waals surface area (Å²) in [5, 5.41) is 5.77. The van der Waals surface area contributed by atoms with Gasteiger partial charge in [0.15, 0.2) is 0 Å². The van der Waals surface area contributed by atoms with Crippen molar-refractivity contribution in [3.63, 3.8) is 0 Å². The monoisotopic (exact) mass is 308 g/mol. The first kappa shape index (κ1) is 14.0. The van der Waals surface area contributed by atoms with E-state index in [1.165, 1.54) is 11.3 Å². The molecule has 2 aliphatic heterocycles. The van der Waals surface area contributed by atoms with Gasteiger partial charge in [0.1, 0.15) is 10.4 Å². The van der Waals surface area contributed by atoms with Gasteiger partial charge < -0.3 is 10.2 Å². The zero-order valence-electron chi connectivity index (χ0n) is 11.9. The van der Waals surface area contributed by atoms with Gasteiger partial charge in [-0.1, -0.05) is 0 Å². The second kappa shape index (κ2) is 4.80. The van der Waals surface area contributed by atoms with Crippen molar-refractivity contribution in [1.82, 2.24) is 20.5 Å². The third kappa shape index (κ3) is 2.29. The SMILES string of the molecule is Cc1nc(C)c(C(=O)N2CCCC3(C2)NC(=O)NC3=O)s1. The Balaban J connectivity index is 1.83. The average molecular weight is 308 g/mol. The van der Waals surface area contributed by atoms with Crippen molar-refractivity contribution < 1.29 is 14.4 Å². The average Bonchev–Trinajstić information content (AvgIpc) is 2.89. The predicted octanol–water partition coefficient (Wildman–Crippen LogP) is 0.574. The summed E-state index contributed by atoms with van der Waals surface area (Å²) in [5.74, 6) is -0.465. The second-order valence-corrected chi connectivity index (χ2v) is 6.67. The Kier molecular flexibility index (Phi) is 3.20. The summed E-state index contributed by atoms with van der Waals surface area (Å²) < 4.78 is 0. The fraction of sp³-hybridized carbons (Fsp3) is 0.538. The third-order valence-electron chi connectivity index (χ3n) is 3.89. The zero-order chi connectivity index (χ0) is 15.2. The van der Waals surface area contributed by atoms with Crippen LogP contribution in [0, 0.1) is 13.8 Å². The van der Waals surface area contributed by atoms with E-state index in [2.05, 4.69) is 15.6 Å². The molecule has 2 N–H and O–H groups in total. The van der Waals surface area contributed by atoms with Crippen LogP contribution in [0.5, 0.6) is 0 Å². The van der Waals surface area contributed by atoms with Gasteiger partial charge in [0, 0.05) is 6.54 Å². The van der Waals surface area contributed by atoms with Crippen molar-refractivity contribution in [3.05, 3.63) is 15.6 Å². The molecule has 1 atom stereocenters. The van der Waals surface area contributed by atoms with Crippen molar-refractivity contribution in [2.24, 2.45) is 0 Å². The number of carbonyl (C=O) groups excluding carboxylic acids is 3. The van der Waals surface area contributed by atoms with Crippen LogP contribution in [0.15, 0.2) is 0 Å². The van der Waals surface area contributed by atoms with Gasteiger partial charge >= 0.3 is 6.03 Å². The Bertz CT molecular complexity index is 641. The van der Waals surface area contributed by atoms with Crippen molar-refractivity contribution in [3.8, 4) is 0 Å². The zero-order valence-corrected chi connectivity index (χ0v) is 12.7. The molecule has 4 amide bonds. The summed E-state index contributed by atoms with van der Waals surface area (Å²) in [6, 6.07) is -0.487. The van der Waals surface area contributed by atoms with E-state index >= 15 is 0 Å². The molecule has 1 unspecified atom stereocenters. The molecule has 2 fully saturated rings. The normalized spacial score (nSPS) is 25.1. The predicted molar refractivity (Wildman–Crippen MR) is 76.1 cm³/mol. The molecular formula is C13H16N4O3S. The molecule has 21 heavy (non-hydrogen) atoms. The molecule has 112 valence electrons. The molecule has 0 aliphatic carbocycles. The molecule has 0 radical (unpaired) electrons. The lowest BCUT2D eigenvalue weighted by Gasteiger charge is -2.37. The number of thiazole rings is 1. The van der Waals surface area contributed by atoms with E-state index in [1.54, 1.807) is 11.8 Å². The molecule has 7 nitrogen and oxygen atoms in total. The van der Waals surface area contributed by atoms with Gasteiger partial charge in [0.05, 0.1) is 17.2 Å². The van der Waals surface area contributed by atoms with E-state index in [4.69, 9.17) is 0 Å². The van der Waals surface area contributed by atoms with Crippen LogP contribution in [-0.2, 0) is 4.79 Å². The van der Waals surface area contributed by atoms with E-state index in [1.807, 2.05) is 6.92 Å². The van der Waals surface area contributed by atoms with Crippen LogP contribution >= 0.6 is 11.3 Å². The molecule has 1 aromatic heterocycles. The number of piperidine rings is 1. The Morgan fingerprint density at radius 1 is 1.38 bits per heavy atom. The van der Waals surface area contributed by atoms with Crippen LogP contribution in [0.25, 0.3) is 0 Å². The molecule has 0 saturated carbocycles. The fourth-order valence-electron chi connectivity index (χ4n) is 2.92. The number of amides is 4. The number of imide groups is 1. The molecule has 3 heterocycles. The van der Waals surface area contributed by atoms with Gasteiger partial charge in [0.25, 0.3) is 11.8 Å². The third-order valence-corrected chi connectivity index (χ3v) is 4.95. The lowest BCUT2D eigenvalue weighted by molar-refractivity contribution is -0.125. The first-order valence-corrected chi connectivity index (χ1v) is 7.60. The minimum Gasteiger partial charge on any atom is -0.335 e. The number of urea groups is 1. The molecular weight excluding hydrogens is 292 g/mol. The summed E-state index contributed by atoms with van der Waals surface area (Å²) in [7, 11) is 0. The van der Waals surface area contributed by atoms with Gasteiger partial charge in [-0.25, -0.2) is 9.78 Å². The molecule has 1 aromatic rings. The molecule has 8 heteroatoms. The van der Waals surface area contributed by atoms with Crippen molar-refractivity contribution in [1.29, 1.82) is 0 Å². The summed E-state index contributed by atoms with van der Waals surface area (Å²) in [4.78, 5) is 42.5. The smallest absolute Gasteiger partial charge is 0.322 e. The summed E-state index contributed by atoms with van der Waals surface area (Å²) in [6.07, 6.45) is 1.23. The van der Waals surface area contributed by atoms with Crippen molar-refractivity contribution >= 4 is 29.2 Å². The van der Waals surface area contributed by atoms with Crippen LogP contribution in [-0.4, -0.2) is 46.4 Å². The molecule has 2 saturated heterocycles. The van der Waals surface area contributed by atoms with Gasteiger partial charge in [0.2, 0.25) is 0 Å². The number of nitrogens with zero attached hydrogens (tertiary/aromatic N) is 2. The first-order chi connectivity index (χ1) is 9.91. The van der Waals surface area contributed by atoms with Gasteiger partial charge in [-0.15, -0.1) is 11.3 Å². The van der Waals surface area contributed by atoms with Gasteiger partial charge in [-0.2, -0.15) is 0 Å². The Hall–Kier alpha value is -1.96. The van der Waals surface area contributed by atoms with Crippen LogP contribution in [0.4, 0.5) is 4.79 Å². The van der Waals surface area contributed by atoms with Crippen LogP contribution in [0.1, 0.15) is 33.2 Å². The minimum absolute atomic E-state index is 0.119. The van der Waals surface area contributed by atoms with Crippen LogP contribution in [0.3, 0.4) is 0 Å². The van der Waals surface area contributed by atoms with E-state index in [-0.39, 0.29) is 18.4 Å². The maximum Gasteiger partial charge on any atom is 0.322 e. The molecule has 0 aromatic carbocycles. The number of hydrogen-bond donors (Lipinski definition) is 2. The molecule has 1 spiro atoms. The van der Waals surface area contributed by atoms with E-state index in [9.17, 15) is 14.4 Å². The molecule has 3 rings (SSSR count). The second-order valence-electron chi connectivity index (χ2n) is 5.47. The highest BCUT2D eigenvalue weighted by Crippen LogP contribution is 2.27. The number of rotatable bonds is 1. The summed E-state index contributed by atoms with van der Waals surface area (Å²) >= 11 is 1.36. The quantitative estimate of drug-likeness (QED) is 0.742. The fourth-order valence-corrected chi connectivity index (χ4v) is 3.81. The Morgan fingerprint density at radius 3 is 2.71 bits per heavy atom. The van der Waals surface area contributed by atoms with E-state index < -0.39 is 11.6 Å². The van der Waals surface area contributed by atoms with Crippen molar-refractivity contribution in [2.45, 2.75) is 32.2 Å². The van der Waals surface area contributed by atoms with Crippen molar-refractivity contribution in [2.75, 3.05) is 13.1 Å². The maximum atomic E-state index is 12.6. The molecule has 0 bridgehead atoms. The molecule has 2 aliphatic rings. The minimum atomic E-state index is -0.974. The van der Waals surface area contributed by atoms with Gasteiger partial charge in [-0.05, 0) is 26.7 Å². The highest BCUT2D eigenvalue weighted by Gasteiger charge is 2.49. The van der Waals surface area contributed by atoms with E-state index in [0.717, 1.165) is 5.01 Å². The Morgan fingerprint density at radius 2 is 2.14 bits per heavy atom. The number of hydrogen-bond acceptors (Lipinski definition) is 5. The topological polar surface area (TPSA) is 91.4 Å². The lowest BCUT2D eigenvalue weighted by atomic mass is 9.89. The number of carbonyl (C=O) groups is 3. The maximum absolute atomic E-state index is 12.6. The highest BCUT2D eigenvalue weighted by molar-refractivity contribution is 7.13. The highest BCUT2D eigenvalue weighted by atomic mass is 32.1.